The highest BCUT2D eigenvalue weighted by Gasteiger charge is 2.45. The fraction of sp³-hybridized carbons (Fsp3) is 0.750. The predicted molar refractivity (Wildman–Crippen MR) is 122 cm³/mol. The van der Waals surface area contributed by atoms with Crippen LogP contribution in [-0.2, 0) is 16.0 Å². The largest absolute Gasteiger partial charge is 0.393 e. The molecule has 1 amide bonds. The lowest BCUT2D eigenvalue weighted by atomic mass is 9.81. The Bertz CT molecular complexity index is 1130. The van der Waals surface area contributed by atoms with Crippen LogP contribution in [0.25, 0.3) is 5.78 Å². The number of fused-ring (bicyclic) bond motifs is 1. The van der Waals surface area contributed by atoms with Gasteiger partial charge in [-0.1, -0.05) is 0 Å². The number of nitrogens with two attached hydrogens (primary N) is 1. The van der Waals surface area contributed by atoms with Crippen LogP contribution >= 0.6 is 0 Å². The van der Waals surface area contributed by atoms with Crippen LogP contribution in [0.15, 0.2) is 6.20 Å². The average Bonchev–Trinajstić information content (AvgIpc) is 3.26. The highest BCUT2D eigenvalue weighted by Crippen LogP contribution is 2.41. The van der Waals surface area contributed by atoms with Crippen molar-refractivity contribution in [2.75, 3.05) is 19.8 Å². The second-order valence-electron chi connectivity index (χ2n) is 10.6. The van der Waals surface area contributed by atoms with Crippen LogP contribution in [0.5, 0.6) is 0 Å². The minimum atomic E-state index is -4.41. The van der Waals surface area contributed by atoms with Crippen molar-refractivity contribution < 1.29 is 31.5 Å². The minimum absolute atomic E-state index is 0.00244. The summed E-state index contributed by atoms with van der Waals surface area (Å²) >= 11 is 0. The third kappa shape index (κ3) is 5.71. The lowest BCUT2D eigenvalue weighted by Gasteiger charge is -2.31. The number of ether oxygens (including phenoxy) is 1. The number of hydrogen-bond donors (Lipinski definition) is 2. The zero-order valence-electron chi connectivity index (χ0n) is 20.3. The lowest BCUT2D eigenvalue weighted by Crippen LogP contribution is -2.47. The minimum Gasteiger partial charge on any atom is -0.381 e. The van der Waals surface area contributed by atoms with Gasteiger partial charge in [0.1, 0.15) is 0 Å². The van der Waals surface area contributed by atoms with E-state index in [1.54, 1.807) is 6.20 Å². The van der Waals surface area contributed by atoms with Crippen molar-refractivity contribution in [3.8, 4) is 0 Å². The topological polar surface area (TPSA) is 107 Å². The van der Waals surface area contributed by atoms with Gasteiger partial charge in [0.15, 0.2) is 0 Å². The molecule has 13 heteroatoms. The van der Waals surface area contributed by atoms with E-state index in [9.17, 15) is 26.7 Å². The highest BCUT2D eigenvalue weighted by molar-refractivity contribution is 5.79. The van der Waals surface area contributed by atoms with Gasteiger partial charge in [0.25, 0.3) is 5.78 Å². The molecule has 0 aromatic carbocycles. The van der Waals surface area contributed by atoms with Gasteiger partial charge in [-0.25, -0.2) is 23.3 Å². The van der Waals surface area contributed by atoms with Gasteiger partial charge in [-0.15, -0.1) is 0 Å². The molecule has 0 unspecified atom stereocenters. The van der Waals surface area contributed by atoms with Gasteiger partial charge in [-0.05, 0) is 38.0 Å². The number of carbonyl (C=O) groups excluding carboxylic acids is 1. The molecule has 4 atom stereocenters. The number of imidazole rings is 1. The Hall–Kier alpha value is -2.41. The lowest BCUT2D eigenvalue weighted by molar-refractivity contribution is -0.183. The van der Waals surface area contributed by atoms with Gasteiger partial charge < -0.3 is 15.8 Å². The third-order valence-electron chi connectivity index (χ3n) is 7.93. The number of nitrogens with zero attached hydrogens (tertiary/aromatic N) is 4. The number of aromatic nitrogens is 4. The van der Waals surface area contributed by atoms with E-state index in [-0.39, 0.29) is 37.4 Å². The van der Waals surface area contributed by atoms with Crippen LogP contribution in [0.1, 0.15) is 74.0 Å². The average molecular weight is 531 g/mol. The molecule has 4 heterocycles. The van der Waals surface area contributed by atoms with Crippen LogP contribution in [0, 0.1) is 17.8 Å². The van der Waals surface area contributed by atoms with E-state index in [1.165, 1.54) is 4.52 Å². The molecule has 2 saturated heterocycles. The maximum absolute atomic E-state index is 14.0. The summed E-state index contributed by atoms with van der Waals surface area (Å²) in [5.74, 6) is -5.95. The molecule has 37 heavy (non-hydrogen) atoms. The molecule has 1 aliphatic carbocycles. The van der Waals surface area contributed by atoms with Crippen molar-refractivity contribution in [2.24, 2.45) is 23.5 Å². The van der Waals surface area contributed by atoms with Gasteiger partial charge in [0, 0.05) is 50.9 Å². The summed E-state index contributed by atoms with van der Waals surface area (Å²) in [5, 5.41) is 7.01. The van der Waals surface area contributed by atoms with E-state index in [0.29, 0.717) is 56.0 Å². The Morgan fingerprint density at radius 3 is 2.68 bits per heavy atom. The number of hydrogen-bond acceptors (Lipinski definition) is 6. The smallest absolute Gasteiger partial charge is 0.381 e. The fourth-order valence-electron chi connectivity index (χ4n) is 5.81. The molecule has 3 fully saturated rings. The standard InChI is InChI=1S/C24H31F5N6O2/c25-23(26)5-1-2-14(10-23)19(30)18-12-35-22(32-18)33-20(13-3-6-37-7-4-13)17(34-35)9-15-8-16(24(27,28)29)11-31-21(15)36/h12-16,19H,1-11,30H2,(H,31,36)/t14-,15-,16-,19+/m1/s1. The molecular formula is C24H31F5N6O2. The maximum Gasteiger partial charge on any atom is 0.393 e. The summed E-state index contributed by atoms with van der Waals surface area (Å²) in [7, 11) is 0. The number of alkyl halides is 5. The Morgan fingerprint density at radius 2 is 1.97 bits per heavy atom. The molecule has 3 aliphatic rings. The first-order valence-electron chi connectivity index (χ1n) is 12.8. The van der Waals surface area contributed by atoms with E-state index in [4.69, 9.17) is 15.5 Å². The van der Waals surface area contributed by atoms with Crippen LogP contribution < -0.4 is 11.1 Å². The fourth-order valence-corrected chi connectivity index (χ4v) is 5.81. The van der Waals surface area contributed by atoms with Gasteiger partial charge >= 0.3 is 6.18 Å². The molecule has 0 spiro atoms. The summed E-state index contributed by atoms with van der Waals surface area (Å²) in [4.78, 5) is 21.7. The molecule has 2 aromatic rings. The Balaban J connectivity index is 1.46. The second kappa shape index (κ2) is 10.0. The van der Waals surface area contributed by atoms with Gasteiger partial charge in [-0.3, -0.25) is 4.79 Å². The molecule has 3 N–H and O–H groups in total. The predicted octanol–water partition coefficient (Wildman–Crippen LogP) is 3.70. The van der Waals surface area contributed by atoms with E-state index in [0.717, 1.165) is 0 Å². The van der Waals surface area contributed by atoms with E-state index < -0.39 is 48.3 Å². The third-order valence-corrected chi connectivity index (χ3v) is 7.93. The quantitative estimate of drug-likeness (QED) is 0.571. The molecule has 0 bridgehead atoms. The summed E-state index contributed by atoms with van der Waals surface area (Å²) in [6.07, 6.45) is -1.36. The van der Waals surface area contributed by atoms with Crippen LogP contribution in [-0.4, -0.2) is 57.3 Å². The van der Waals surface area contributed by atoms with Crippen LogP contribution in [0.2, 0.25) is 0 Å². The zero-order chi connectivity index (χ0) is 26.4. The Labute approximate surface area is 210 Å². The maximum atomic E-state index is 14.0. The first-order valence-corrected chi connectivity index (χ1v) is 12.8. The van der Waals surface area contributed by atoms with Crippen molar-refractivity contribution in [1.29, 1.82) is 0 Å². The van der Waals surface area contributed by atoms with Crippen LogP contribution in [0.3, 0.4) is 0 Å². The van der Waals surface area contributed by atoms with E-state index in [1.807, 2.05) is 0 Å². The summed E-state index contributed by atoms with van der Waals surface area (Å²) in [6.45, 7) is 0.592. The summed E-state index contributed by atoms with van der Waals surface area (Å²) in [6, 6.07) is -0.721. The molecule has 2 aliphatic heterocycles. The summed E-state index contributed by atoms with van der Waals surface area (Å²) in [5.41, 5.74) is 7.78. The van der Waals surface area contributed by atoms with Gasteiger partial charge in [0.05, 0.1) is 35.2 Å². The normalized spacial score (nSPS) is 28.3. The number of rotatable bonds is 5. The molecule has 2 aromatic heterocycles. The number of nitrogens with one attached hydrogen (secondary N) is 1. The van der Waals surface area contributed by atoms with Crippen molar-refractivity contribution >= 4 is 11.7 Å². The summed E-state index contributed by atoms with van der Waals surface area (Å²) < 4.78 is 74.9. The SMILES string of the molecule is N[C@H](c1cn2nc(C[C@H]3C[C@@H](C(F)(F)F)CNC3=O)c(C3CCOCC3)nc2n1)[C@@H]1CCCC(F)(F)C1. The van der Waals surface area contributed by atoms with Crippen molar-refractivity contribution in [3.63, 3.8) is 0 Å². The highest BCUT2D eigenvalue weighted by atomic mass is 19.4. The van der Waals surface area contributed by atoms with Crippen molar-refractivity contribution in [2.45, 2.75) is 75.4 Å². The molecule has 0 radical (unpaired) electrons. The molecular weight excluding hydrogens is 499 g/mol. The number of amides is 1. The number of piperidine rings is 1. The van der Waals surface area contributed by atoms with Gasteiger partial charge in [-0.2, -0.15) is 18.3 Å². The molecule has 1 saturated carbocycles. The number of carbonyl (C=O) groups is 1. The van der Waals surface area contributed by atoms with E-state index in [2.05, 4.69) is 15.4 Å². The Morgan fingerprint density at radius 1 is 1.22 bits per heavy atom. The van der Waals surface area contributed by atoms with Crippen molar-refractivity contribution in [1.82, 2.24) is 24.9 Å². The molecule has 204 valence electrons. The first kappa shape index (κ1) is 26.2. The second-order valence-corrected chi connectivity index (χ2v) is 10.6. The zero-order valence-corrected chi connectivity index (χ0v) is 20.3. The molecule has 8 nitrogen and oxygen atoms in total. The molecule has 5 rings (SSSR count). The van der Waals surface area contributed by atoms with Gasteiger partial charge in [0.2, 0.25) is 11.8 Å². The van der Waals surface area contributed by atoms with Crippen molar-refractivity contribution in [3.05, 3.63) is 23.3 Å². The monoisotopic (exact) mass is 530 g/mol. The van der Waals surface area contributed by atoms with Crippen LogP contribution in [0.4, 0.5) is 22.0 Å². The number of halogens is 5. The Kier molecular flexibility index (Phi) is 7.12. The first-order chi connectivity index (χ1) is 17.5. The van der Waals surface area contributed by atoms with E-state index >= 15 is 0 Å².